The van der Waals surface area contributed by atoms with Crippen molar-refractivity contribution in [2.75, 3.05) is 47.5 Å². The fourth-order valence-corrected chi connectivity index (χ4v) is 14.2. The first-order valence-electron chi connectivity index (χ1n) is 45.6. The molecule has 0 radical (unpaired) electrons. The molecule has 2 unspecified atom stereocenters. The normalized spacial score (nSPS) is 13.5. The molecule has 0 aliphatic heterocycles. The second kappa shape index (κ2) is 85.7. The molecule has 0 aromatic carbocycles. The molecule has 0 fully saturated rings. The quantitative estimate of drug-likeness (QED) is 0.0211. The molecule has 616 valence electrons. The van der Waals surface area contributed by atoms with Crippen molar-refractivity contribution in [2.45, 2.75) is 444 Å². The molecule has 0 aliphatic carbocycles. The predicted octanol–water partition coefficient (Wildman–Crippen LogP) is 31.1. The summed E-state index contributed by atoms with van der Waals surface area (Å²) >= 11 is 0. The van der Waals surface area contributed by atoms with Crippen molar-refractivity contribution in [3.05, 3.63) is 109 Å². The largest absolute Gasteiger partial charge is 0.472 e. The lowest BCUT2D eigenvalue weighted by Gasteiger charge is -2.24. The third-order valence-corrected chi connectivity index (χ3v) is 21.3. The minimum absolute atomic E-state index is 0.0332. The molecule has 0 bridgehead atoms. The maximum absolute atomic E-state index is 13.0. The lowest BCUT2D eigenvalue weighted by Crippen LogP contribution is -2.37. The highest BCUT2D eigenvalue weighted by molar-refractivity contribution is 7.47. The standard InChI is InChI=1S/C96H174NO8P/c1-6-8-10-12-14-16-18-20-22-24-26-28-30-32-34-36-38-40-42-44-46-48-50-52-54-56-58-60-62-64-66-68-70-72-74-76-78-80-82-84-86-88-95(98)102-92-94(93-104-106(100,101)103-91-90-97(3,4)5)105-96(99)89-87-85-83-81-79-77-75-73-71-69-67-65-63-61-59-57-55-53-51-49-47-45-43-41-39-37-35-33-31-29-27-25-23-21-19-17-15-13-11-9-7-2/h8-11,14-17,20-23,26-29,33,35,94H,6-7,12-13,18-19,24-25,30-32,34,36-93H2,1-5H3/p+1/b10-8-,11-9-,16-14-,17-15-,22-20-,23-21-,28-26-,29-27-,35-33-. The number of allylic oxidation sites excluding steroid dienone is 18. The van der Waals surface area contributed by atoms with E-state index in [0.717, 1.165) is 89.9 Å². The van der Waals surface area contributed by atoms with Crippen LogP contribution in [0.25, 0.3) is 0 Å². The minimum atomic E-state index is -4.40. The number of phosphoric acid groups is 1. The Balaban J connectivity index is 3.84. The van der Waals surface area contributed by atoms with Gasteiger partial charge in [-0.3, -0.25) is 18.6 Å². The Bertz CT molecular complexity index is 2170. The minimum Gasteiger partial charge on any atom is -0.462 e. The number of carbonyl (C=O) groups excluding carboxylic acids is 2. The number of hydrogen-bond donors (Lipinski definition) is 1. The fraction of sp³-hybridized carbons (Fsp3) is 0.792. The molecular formula is C96H175NO8P+. The first kappa shape index (κ1) is 103. The zero-order chi connectivity index (χ0) is 76.8. The smallest absolute Gasteiger partial charge is 0.462 e. The van der Waals surface area contributed by atoms with Crippen LogP contribution in [0, 0.1) is 0 Å². The second-order valence-electron chi connectivity index (χ2n) is 31.9. The lowest BCUT2D eigenvalue weighted by atomic mass is 10.0. The number of esters is 2. The average molecular weight is 1500 g/mol. The molecule has 0 saturated carbocycles. The number of quaternary nitrogens is 1. The zero-order valence-corrected chi connectivity index (χ0v) is 71.6. The summed E-state index contributed by atoms with van der Waals surface area (Å²) in [5.74, 6) is -0.773. The number of carbonyl (C=O) groups is 2. The summed E-state index contributed by atoms with van der Waals surface area (Å²) in [5.41, 5.74) is 0. The van der Waals surface area contributed by atoms with Crippen LogP contribution in [0.2, 0.25) is 0 Å². The third-order valence-electron chi connectivity index (χ3n) is 20.3. The zero-order valence-electron chi connectivity index (χ0n) is 70.7. The van der Waals surface area contributed by atoms with Gasteiger partial charge in [-0.15, -0.1) is 0 Å². The predicted molar refractivity (Wildman–Crippen MR) is 464 cm³/mol. The van der Waals surface area contributed by atoms with Crippen LogP contribution >= 0.6 is 7.82 Å². The molecular weight excluding hydrogens is 1330 g/mol. The Kier molecular flexibility index (Phi) is 83.0. The molecule has 0 aromatic heterocycles. The lowest BCUT2D eigenvalue weighted by molar-refractivity contribution is -0.870. The Labute approximate surface area is 658 Å². The Morgan fingerprint density at radius 1 is 0.292 bits per heavy atom. The van der Waals surface area contributed by atoms with Gasteiger partial charge in [0.1, 0.15) is 19.8 Å². The van der Waals surface area contributed by atoms with E-state index in [1.54, 1.807) is 0 Å². The van der Waals surface area contributed by atoms with Gasteiger partial charge in [0.2, 0.25) is 0 Å². The Morgan fingerprint density at radius 2 is 0.509 bits per heavy atom. The van der Waals surface area contributed by atoms with Gasteiger partial charge in [0.05, 0.1) is 27.7 Å². The van der Waals surface area contributed by atoms with Gasteiger partial charge in [-0.25, -0.2) is 4.57 Å². The van der Waals surface area contributed by atoms with Crippen LogP contribution in [-0.2, 0) is 32.7 Å². The van der Waals surface area contributed by atoms with E-state index in [-0.39, 0.29) is 25.6 Å². The van der Waals surface area contributed by atoms with Crippen molar-refractivity contribution in [1.82, 2.24) is 0 Å². The first-order valence-corrected chi connectivity index (χ1v) is 47.1. The Morgan fingerprint density at radius 3 is 0.755 bits per heavy atom. The molecule has 9 nitrogen and oxygen atoms in total. The van der Waals surface area contributed by atoms with Gasteiger partial charge in [0.25, 0.3) is 0 Å². The maximum Gasteiger partial charge on any atom is 0.472 e. The van der Waals surface area contributed by atoms with Gasteiger partial charge in [-0.05, 0) is 96.3 Å². The molecule has 1 N–H and O–H groups in total. The third kappa shape index (κ3) is 89.6. The van der Waals surface area contributed by atoms with Gasteiger partial charge in [0.15, 0.2) is 6.10 Å². The van der Waals surface area contributed by atoms with E-state index in [1.807, 2.05) is 21.1 Å². The van der Waals surface area contributed by atoms with E-state index in [1.165, 1.54) is 315 Å². The van der Waals surface area contributed by atoms with Crippen LogP contribution in [0.15, 0.2) is 109 Å². The summed E-state index contributed by atoms with van der Waals surface area (Å²) in [6.07, 6.45) is 123. The van der Waals surface area contributed by atoms with Crippen LogP contribution in [0.5, 0.6) is 0 Å². The van der Waals surface area contributed by atoms with Crippen molar-refractivity contribution in [1.29, 1.82) is 0 Å². The molecule has 0 heterocycles. The summed E-state index contributed by atoms with van der Waals surface area (Å²) in [7, 11) is 1.50. The fourth-order valence-electron chi connectivity index (χ4n) is 13.5. The van der Waals surface area contributed by atoms with Crippen molar-refractivity contribution in [3.8, 4) is 0 Å². The maximum atomic E-state index is 13.0. The van der Waals surface area contributed by atoms with Crippen molar-refractivity contribution < 1.29 is 42.1 Å². The summed E-state index contributed by atoms with van der Waals surface area (Å²) in [6, 6.07) is 0. The van der Waals surface area contributed by atoms with Gasteiger partial charge in [0, 0.05) is 12.8 Å². The number of nitrogens with zero attached hydrogens (tertiary/aromatic N) is 1. The van der Waals surface area contributed by atoms with E-state index in [4.69, 9.17) is 18.5 Å². The highest BCUT2D eigenvalue weighted by Crippen LogP contribution is 2.43. The van der Waals surface area contributed by atoms with Crippen LogP contribution in [0.4, 0.5) is 0 Å². The van der Waals surface area contributed by atoms with Crippen LogP contribution in [-0.4, -0.2) is 74.9 Å². The van der Waals surface area contributed by atoms with E-state index >= 15 is 0 Å². The molecule has 0 rings (SSSR count). The second-order valence-corrected chi connectivity index (χ2v) is 33.4. The highest BCUT2D eigenvalue weighted by Gasteiger charge is 2.27. The van der Waals surface area contributed by atoms with Crippen molar-refractivity contribution in [3.63, 3.8) is 0 Å². The molecule has 106 heavy (non-hydrogen) atoms. The summed E-state index contributed by atoms with van der Waals surface area (Å²) in [5, 5.41) is 0. The van der Waals surface area contributed by atoms with Gasteiger partial charge in [-0.1, -0.05) is 438 Å². The van der Waals surface area contributed by atoms with E-state index in [2.05, 4.69) is 123 Å². The number of unbranched alkanes of at least 4 members (excludes halogenated alkanes) is 53. The number of likely N-dealkylation sites (N-methyl/N-ethyl adjacent to an activating group) is 1. The van der Waals surface area contributed by atoms with E-state index < -0.39 is 26.5 Å². The van der Waals surface area contributed by atoms with Crippen LogP contribution in [0.3, 0.4) is 0 Å². The molecule has 0 saturated heterocycles. The highest BCUT2D eigenvalue weighted by atomic mass is 31.2. The monoisotopic (exact) mass is 1500 g/mol. The number of ether oxygens (including phenoxy) is 2. The summed E-state index contributed by atoms with van der Waals surface area (Å²) < 4.78 is 34.9. The van der Waals surface area contributed by atoms with Gasteiger partial charge >= 0.3 is 19.8 Å². The van der Waals surface area contributed by atoms with Gasteiger partial charge < -0.3 is 18.9 Å². The van der Waals surface area contributed by atoms with Gasteiger partial charge in [-0.2, -0.15) is 0 Å². The van der Waals surface area contributed by atoms with Crippen molar-refractivity contribution >= 4 is 19.8 Å². The topological polar surface area (TPSA) is 108 Å². The van der Waals surface area contributed by atoms with Crippen molar-refractivity contribution in [2.24, 2.45) is 0 Å². The van der Waals surface area contributed by atoms with E-state index in [9.17, 15) is 19.0 Å². The molecule has 0 amide bonds. The average Bonchev–Trinajstić information content (AvgIpc) is 0.908. The molecule has 2 atom stereocenters. The summed E-state index contributed by atoms with van der Waals surface area (Å²) in [6.45, 7) is 4.27. The number of rotatable bonds is 85. The molecule has 0 aromatic rings. The molecule has 0 aliphatic rings. The van der Waals surface area contributed by atoms with E-state index in [0.29, 0.717) is 23.9 Å². The van der Waals surface area contributed by atoms with Crippen LogP contribution < -0.4 is 0 Å². The van der Waals surface area contributed by atoms with Crippen LogP contribution in [0.1, 0.15) is 438 Å². The summed E-state index contributed by atoms with van der Waals surface area (Å²) in [4.78, 5) is 36.1. The SMILES string of the molecule is CC/C=C\C/C=C\C/C=C\C/C=C\C/C=C\CCCCCCCCCCCCCCCCCCCCCCCCCCCC(=O)OC(COC(=O)CCCCCCCCCCCCCCCCCCCCCCCCCCCCCC/C=C\C/C=C\C/C=C\C/C=C\CC)COP(=O)(O)OCC[N+](C)(C)C. The molecule has 10 heteroatoms. The Hall–Kier alpha value is -3.33. The number of hydrogen-bond acceptors (Lipinski definition) is 7. The molecule has 0 spiro atoms. The number of phosphoric ester groups is 1. The first-order chi connectivity index (χ1) is 52.0.